The highest BCUT2D eigenvalue weighted by Gasteiger charge is 2.26. The van der Waals surface area contributed by atoms with E-state index in [4.69, 9.17) is 0 Å². The van der Waals surface area contributed by atoms with Crippen LogP contribution < -0.4 is 5.32 Å². The van der Waals surface area contributed by atoms with Crippen LogP contribution in [-0.4, -0.2) is 48.1 Å². The van der Waals surface area contributed by atoms with E-state index >= 15 is 0 Å². The smallest absolute Gasteiger partial charge is 0.222 e. The molecule has 1 heterocycles. The summed E-state index contributed by atoms with van der Waals surface area (Å²) >= 11 is 0. The first-order chi connectivity index (χ1) is 9.06. The summed E-state index contributed by atoms with van der Waals surface area (Å²) in [5, 5.41) is 12.3. The van der Waals surface area contributed by atoms with Crippen molar-refractivity contribution in [1.82, 2.24) is 10.2 Å². The SMILES string of the molecule is CCC(CC)(CO)CNC(=O)CCN1CCCC1=O. The monoisotopic (exact) mass is 270 g/mol. The summed E-state index contributed by atoms with van der Waals surface area (Å²) in [7, 11) is 0. The van der Waals surface area contributed by atoms with Crippen molar-refractivity contribution in [2.45, 2.75) is 46.0 Å². The fourth-order valence-corrected chi connectivity index (χ4v) is 2.33. The summed E-state index contributed by atoms with van der Waals surface area (Å²) < 4.78 is 0. The molecule has 0 bridgehead atoms. The zero-order chi connectivity index (χ0) is 14.3. The minimum absolute atomic E-state index is 0.0422. The lowest BCUT2D eigenvalue weighted by Crippen LogP contribution is -2.40. The molecule has 0 aromatic rings. The van der Waals surface area contributed by atoms with Crippen molar-refractivity contribution in [2.24, 2.45) is 5.41 Å². The number of amides is 2. The maximum Gasteiger partial charge on any atom is 0.222 e. The number of rotatable bonds is 8. The molecule has 0 saturated carbocycles. The van der Waals surface area contributed by atoms with Gasteiger partial charge in [-0.05, 0) is 19.3 Å². The van der Waals surface area contributed by atoms with Crippen molar-refractivity contribution in [3.8, 4) is 0 Å². The largest absolute Gasteiger partial charge is 0.396 e. The first kappa shape index (κ1) is 16.0. The summed E-state index contributed by atoms with van der Waals surface area (Å²) in [5.41, 5.74) is -0.209. The van der Waals surface area contributed by atoms with Crippen LogP contribution in [0.5, 0.6) is 0 Å². The van der Waals surface area contributed by atoms with Crippen LogP contribution >= 0.6 is 0 Å². The van der Waals surface area contributed by atoms with E-state index in [1.54, 1.807) is 4.90 Å². The van der Waals surface area contributed by atoms with E-state index in [1.807, 2.05) is 13.8 Å². The average molecular weight is 270 g/mol. The van der Waals surface area contributed by atoms with Gasteiger partial charge in [-0.3, -0.25) is 9.59 Å². The van der Waals surface area contributed by atoms with Crippen molar-refractivity contribution in [2.75, 3.05) is 26.2 Å². The number of carbonyl (C=O) groups excluding carboxylic acids is 2. The average Bonchev–Trinajstić information content (AvgIpc) is 2.84. The fraction of sp³-hybridized carbons (Fsp3) is 0.857. The first-order valence-corrected chi connectivity index (χ1v) is 7.22. The lowest BCUT2D eigenvalue weighted by atomic mass is 9.83. The highest BCUT2D eigenvalue weighted by Crippen LogP contribution is 2.24. The van der Waals surface area contributed by atoms with E-state index in [0.29, 0.717) is 25.9 Å². The molecule has 0 aliphatic carbocycles. The Kier molecular flexibility index (Phi) is 6.28. The van der Waals surface area contributed by atoms with Crippen molar-refractivity contribution in [1.29, 1.82) is 0 Å². The summed E-state index contributed by atoms with van der Waals surface area (Å²) in [6, 6.07) is 0. The molecular weight excluding hydrogens is 244 g/mol. The van der Waals surface area contributed by atoms with E-state index in [9.17, 15) is 14.7 Å². The highest BCUT2D eigenvalue weighted by atomic mass is 16.3. The molecule has 19 heavy (non-hydrogen) atoms. The number of hydrogen-bond acceptors (Lipinski definition) is 3. The molecule has 110 valence electrons. The van der Waals surface area contributed by atoms with Crippen LogP contribution in [0.2, 0.25) is 0 Å². The van der Waals surface area contributed by atoms with Gasteiger partial charge in [0.2, 0.25) is 11.8 Å². The lowest BCUT2D eigenvalue weighted by Gasteiger charge is -2.29. The molecule has 0 atom stereocenters. The normalized spacial score (nSPS) is 15.9. The second kappa shape index (κ2) is 7.48. The zero-order valence-electron chi connectivity index (χ0n) is 12.1. The Morgan fingerprint density at radius 2 is 2.11 bits per heavy atom. The van der Waals surface area contributed by atoms with Crippen LogP contribution in [0.4, 0.5) is 0 Å². The van der Waals surface area contributed by atoms with E-state index in [-0.39, 0.29) is 23.8 Å². The van der Waals surface area contributed by atoms with Gasteiger partial charge in [-0.2, -0.15) is 0 Å². The van der Waals surface area contributed by atoms with Crippen LogP contribution in [0.3, 0.4) is 0 Å². The molecule has 1 aliphatic heterocycles. The number of aliphatic hydroxyl groups is 1. The van der Waals surface area contributed by atoms with Crippen LogP contribution in [0, 0.1) is 5.41 Å². The number of hydrogen-bond donors (Lipinski definition) is 2. The third-order valence-corrected chi connectivity index (χ3v) is 4.28. The van der Waals surface area contributed by atoms with Crippen LogP contribution in [0.25, 0.3) is 0 Å². The lowest BCUT2D eigenvalue weighted by molar-refractivity contribution is -0.128. The first-order valence-electron chi connectivity index (χ1n) is 7.22. The molecule has 5 heteroatoms. The van der Waals surface area contributed by atoms with Gasteiger partial charge >= 0.3 is 0 Å². The molecular formula is C14H26N2O3. The van der Waals surface area contributed by atoms with Gasteiger partial charge in [-0.25, -0.2) is 0 Å². The molecule has 2 N–H and O–H groups in total. The van der Waals surface area contributed by atoms with Gasteiger partial charge in [0.15, 0.2) is 0 Å². The summed E-state index contributed by atoms with van der Waals surface area (Å²) in [5.74, 6) is 0.110. The van der Waals surface area contributed by atoms with E-state index in [1.165, 1.54) is 0 Å². The molecule has 2 amide bonds. The fourth-order valence-electron chi connectivity index (χ4n) is 2.33. The van der Waals surface area contributed by atoms with Crippen LogP contribution in [0.1, 0.15) is 46.0 Å². The second-order valence-corrected chi connectivity index (χ2v) is 5.38. The van der Waals surface area contributed by atoms with Gasteiger partial charge in [0.25, 0.3) is 0 Å². The van der Waals surface area contributed by atoms with Gasteiger partial charge < -0.3 is 15.3 Å². The molecule has 1 rings (SSSR count). The van der Waals surface area contributed by atoms with E-state index < -0.39 is 0 Å². The molecule has 0 spiro atoms. The minimum Gasteiger partial charge on any atom is -0.396 e. The van der Waals surface area contributed by atoms with Crippen LogP contribution in [0.15, 0.2) is 0 Å². The van der Waals surface area contributed by atoms with E-state index in [0.717, 1.165) is 25.8 Å². The Hall–Kier alpha value is -1.10. The zero-order valence-corrected chi connectivity index (χ0v) is 12.1. The third kappa shape index (κ3) is 4.49. The Labute approximate surface area is 115 Å². The van der Waals surface area contributed by atoms with E-state index in [2.05, 4.69) is 5.32 Å². The highest BCUT2D eigenvalue weighted by molar-refractivity contribution is 5.80. The predicted octanol–water partition coefficient (Wildman–Crippen LogP) is 0.914. The van der Waals surface area contributed by atoms with Crippen molar-refractivity contribution >= 4 is 11.8 Å². The molecule has 0 aromatic carbocycles. The molecule has 1 aliphatic rings. The van der Waals surface area contributed by atoms with Crippen molar-refractivity contribution in [3.63, 3.8) is 0 Å². The van der Waals surface area contributed by atoms with Gasteiger partial charge in [0.1, 0.15) is 0 Å². The minimum atomic E-state index is -0.209. The number of nitrogens with zero attached hydrogens (tertiary/aromatic N) is 1. The Morgan fingerprint density at radius 1 is 1.42 bits per heavy atom. The number of carbonyl (C=O) groups is 2. The summed E-state index contributed by atoms with van der Waals surface area (Å²) in [6.45, 7) is 5.92. The predicted molar refractivity (Wildman–Crippen MR) is 73.5 cm³/mol. The maximum atomic E-state index is 11.8. The number of likely N-dealkylation sites (tertiary alicyclic amines) is 1. The maximum absolute atomic E-state index is 11.8. The van der Waals surface area contributed by atoms with Gasteiger partial charge in [0, 0.05) is 37.9 Å². The summed E-state index contributed by atoms with van der Waals surface area (Å²) in [6.07, 6.45) is 3.54. The van der Waals surface area contributed by atoms with Crippen molar-refractivity contribution < 1.29 is 14.7 Å². The molecule has 0 aromatic heterocycles. The van der Waals surface area contributed by atoms with Crippen LogP contribution in [-0.2, 0) is 9.59 Å². The molecule has 5 nitrogen and oxygen atoms in total. The quantitative estimate of drug-likeness (QED) is 0.689. The van der Waals surface area contributed by atoms with Gasteiger partial charge in [-0.1, -0.05) is 13.8 Å². The number of aliphatic hydroxyl groups excluding tert-OH is 1. The molecule has 1 fully saturated rings. The van der Waals surface area contributed by atoms with Gasteiger partial charge in [0.05, 0.1) is 6.61 Å². The second-order valence-electron chi connectivity index (χ2n) is 5.38. The topological polar surface area (TPSA) is 69.6 Å². The Balaban J connectivity index is 2.29. The Morgan fingerprint density at radius 3 is 2.58 bits per heavy atom. The number of nitrogens with one attached hydrogen (secondary N) is 1. The van der Waals surface area contributed by atoms with Gasteiger partial charge in [-0.15, -0.1) is 0 Å². The molecule has 0 radical (unpaired) electrons. The summed E-state index contributed by atoms with van der Waals surface area (Å²) in [4.78, 5) is 24.9. The molecule has 0 unspecified atom stereocenters. The third-order valence-electron chi connectivity index (χ3n) is 4.28. The standard InChI is InChI=1S/C14H26N2O3/c1-3-14(4-2,11-17)10-15-12(18)7-9-16-8-5-6-13(16)19/h17H,3-11H2,1-2H3,(H,15,18). The Bertz CT molecular complexity index is 306. The molecule has 1 saturated heterocycles. The van der Waals surface area contributed by atoms with Crippen molar-refractivity contribution in [3.05, 3.63) is 0 Å².